The maximum atomic E-state index is 9.71. The molecule has 1 aliphatic heterocycles. The van der Waals surface area contributed by atoms with E-state index in [9.17, 15) is 5.11 Å². The third kappa shape index (κ3) is 3.25. The first-order chi connectivity index (χ1) is 6.05. The van der Waals surface area contributed by atoms with E-state index in [1.54, 1.807) is 0 Å². The summed E-state index contributed by atoms with van der Waals surface area (Å²) in [4.78, 5) is 0. The Balaban J connectivity index is 2.29. The summed E-state index contributed by atoms with van der Waals surface area (Å²) in [5.41, 5.74) is 0. The average molecular weight is 188 g/mol. The third-order valence-electron chi connectivity index (χ3n) is 2.31. The van der Waals surface area contributed by atoms with E-state index in [2.05, 4.69) is 6.92 Å². The van der Waals surface area contributed by atoms with E-state index < -0.39 is 5.79 Å². The number of unbranched alkanes of at least 4 members (excludes halogenated alkanes) is 1. The van der Waals surface area contributed by atoms with Gasteiger partial charge in [-0.3, -0.25) is 0 Å². The molecule has 0 amide bonds. The van der Waals surface area contributed by atoms with Gasteiger partial charge in [-0.05, 0) is 20.3 Å². The first kappa shape index (κ1) is 11.0. The van der Waals surface area contributed by atoms with E-state index in [1.165, 1.54) is 0 Å². The zero-order valence-corrected chi connectivity index (χ0v) is 8.75. The van der Waals surface area contributed by atoms with Crippen molar-refractivity contribution < 1.29 is 14.6 Å². The molecule has 3 nitrogen and oxygen atoms in total. The lowest BCUT2D eigenvalue weighted by molar-refractivity contribution is -0.151. The van der Waals surface area contributed by atoms with Crippen molar-refractivity contribution in [3.8, 4) is 0 Å². The summed E-state index contributed by atoms with van der Waals surface area (Å²) in [7, 11) is 0. The molecule has 1 saturated heterocycles. The van der Waals surface area contributed by atoms with Crippen molar-refractivity contribution in [2.24, 2.45) is 0 Å². The van der Waals surface area contributed by atoms with Crippen molar-refractivity contribution >= 4 is 0 Å². The van der Waals surface area contributed by atoms with Crippen LogP contribution in [0.1, 0.15) is 40.0 Å². The fourth-order valence-corrected chi connectivity index (χ4v) is 1.50. The van der Waals surface area contributed by atoms with Gasteiger partial charge in [-0.15, -0.1) is 0 Å². The van der Waals surface area contributed by atoms with Crippen LogP contribution in [0.15, 0.2) is 0 Å². The quantitative estimate of drug-likeness (QED) is 0.729. The van der Waals surface area contributed by atoms with Crippen LogP contribution < -0.4 is 0 Å². The molecule has 1 rings (SSSR count). The molecule has 0 aliphatic carbocycles. The van der Waals surface area contributed by atoms with Crippen molar-refractivity contribution in [3.63, 3.8) is 0 Å². The minimum absolute atomic E-state index is 0.137. The van der Waals surface area contributed by atoms with Gasteiger partial charge in [0, 0.05) is 0 Å². The fourth-order valence-electron chi connectivity index (χ4n) is 1.50. The number of aliphatic hydroxyl groups excluding tert-OH is 1. The lowest BCUT2D eigenvalue weighted by Crippen LogP contribution is -2.30. The molecule has 0 spiro atoms. The van der Waals surface area contributed by atoms with E-state index in [0.29, 0.717) is 6.61 Å². The Morgan fingerprint density at radius 3 is 2.69 bits per heavy atom. The molecular formula is C10H20O3. The minimum Gasteiger partial charge on any atom is -0.390 e. The third-order valence-corrected chi connectivity index (χ3v) is 2.31. The molecule has 3 heteroatoms. The lowest BCUT2D eigenvalue weighted by Gasteiger charge is -2.20. The molecule has 1 N–H and O–H groups in total. The molecule has 0 aromatic heterocycles. The Morgan fingerprint density at radius 1 is 1.54 bits per heavy atom. The molecule has 78 valence electrons. The Hall–Kier alpha value is -0.120. The van der Waals surface area contributed by atoms with E-state index in [4.69, 9.17) is 9.47 Å². The Bertz CT molecular complexity index is 156. The summed E-state index contributed by atoms with van der Waals surface area (Å²) in [5, 5.41) is 9.71. The molecule has 1 aliphatic rings. The topological polar surface area (TPSA) is 38.7 Å². The minimum atomic E-state index is -0.516. The highest BCUT2D eigenvalue weighted by atomic mass is 16.7. The fraction of sp³-hybridized carbons (Fsp3) is 1.00. The van der Waals surface area contributed by atoms with Gasteiger partial charge in [0.2, 0.25) is 0 Å². The second-order valence-corrected chi connectivity index (χ2v) is 4.08. The van der Waals surface area contributed by atoms with E-state index in [0.717, 1.165) is 19.3 Å². The highest BCUT2D eigenvalue weighted by Crippen LogP contribution is 2.25. The van der Waals surface area contributed by atoms with E-state index in [1.807, 2.05) is 13.8 Å². The molecule has 2 atom stereocenters. The molecule has 0 bridgehead atoms. The van der Waals surface area contributed by atoms with Crippen LogP contribution in [0.5, 0.6) is 0 Å². The van der Waals surface area contributed by atoms with Crippen LogP contribution in [-0.2, 0) is 9.47 Å². The molecule has 0 unspecified atom stereocenters. The maximum absolute atomic E-state index is 9.71. The molecule has 0 radical (unpaired) electrons. The van der Waals surface area contributed by atoms with Gasteiger partial charge >= 0.3 is 0 Å². The molecule has 13 heavy (non-hydrogen) atoms. The second kappa shape index (κ2) is 4.40. The zero-order chi connectivity index (χ0) is 9.90. The monoisotopic (exact) mass is 188 g/mol. The maximum Gasteiger partial charge on any atom is 0.163 e. The van der Waals surface area contributed by atoms with E-state index in [-0.39, 0.29) is 12.2 Å². The first-order valence-corrected chi connectivity index (χ1v) is 5.05. The van der Waals surface area contributed by atoms with Gasteiger partial charge in [0.05, 0.1) is 12.7 Å². The van der Waals surface area contributed by atoms with Gasteiger partial charge in [0.25, 0.3) is 0 Å². The summed E-state index contributed by atoms with van der Waals surface area (Å²) in [6.45, 7) is 6.37. The highest BCUT2D eigenvalue weighted by Gasteiger charge is 2.36. The molecule has 0 saturated carbocycles. The first-order valence-electron chi connectivity index (χ1n) is 5.05. The van der Waals surface area contributed by atoms with Crippen LogP contribution in [0, 0.1) is 0 Å². The van der Waals surface area contributed by atoms with Crippen molar-refractivity contribution in [1.29, 1.82) is 0 Å². The van der Waals surface area contributed by atoms with Crippen LogP contribution in [0.2, 0.25) is 0 Å². The number of aliphatic hydroxyl groups is 1. The van der Waals surface area contributed by atoms with Crippen LogP contribution in [0.4, 0.5) is 0 Å². The van der Waals surface area contributed by atoms with Crippen LogP contribution >= 0.6 is 0 Å². The summed E-state index contributed by atoms with van der Waals surface area (Å²) in [6, 6.07) is 0. The second-order valence-electron chi connectivity index (χ2n) is 4.08. The smallest absolute Gasteiger partial charge is 0.163 e. The Morgan fingerprint density at radius 2 is 2.23 bits per heavy atom. The summed E-state index contributed by atoms with van der Waals surface area (Å²) >= 11 is 0. The Kier molecular flexibility index (Phi) is 3.71. The molecule has 1 fully saturated rings. The molecule has 0 aromatic carbocycles. The molecule has 0 aromatic rings. The number of rotatable bonds is 4. The predicted octanol–water partition coefficient (Wildman–Crippen LogP) is 1.69. The molecule has 1 heterocycles. The summed E-state index contributed by atoms with van der Waals surface area (Å²) < 4.78 is 10.9. The summed E-state index contributed by atoms with van der Waals surface area (Å²) in [5.74, 6) is -0.516. The van der Waals surface area contributed by atoms with Crippen molar-refractivity contribution in [2.45, 2.75) is 58.0 Å². The highest BCUT2D eigenvalue weighted by molar-refractivity contribution is 4.77. The van der Waals surface area contributed by atoms with Gasteiger partial charge in [-0.25, -0.2) is 0 Å². The van der Waals surface area contributed by atoms with Gasteiger partial charge < -0.3 is 14.6 Å². The predicted molar refractivity (Wildman–Crippen MR) is 50.4 cm³/mol. The standard InChI is InChI=1S/C10H20O3/c1-4-5-6-8(11)9-7-12-10(2,3)13-9/h8-9,11H,4-7H2,1-3H3/t8-,9-/m0/s1. The number of ether oxygens (including phenoxy) is 2. The SMILES string of the molecule is CCCC[C@H](O)[C@@H]1COC(C)(C)O1. The van der Waals surface area contributed by atoms with Crippen LogP contribution in [0.25, 0.3) is 0 Å². The number of hydrogen-bond donors (Lipinski definition) is 1. The number of hydrogen-bond acceptors (Lipinski definition) is 3. The van der Waals surface area contributed by atoms with E-state index >= 15 is 0 Å². The van der Waals surface area contributed by atoms with Gasteiger partial charge in [-0.2, -0.15) is 0 Å². The Labute approximate surface area is 80.0 Å². The largest absolute Gasteiger partial charge is 0.390 e. The summed E-state index contributed by atoms with van der Waals surface area (Å²) in [6.07, 6.45) is 2.44. The van der Waals surface area contributed by atoms with Gasteiger partial charge in [-0.1, -0.05) is 19.8 Å². The lowest BCUT2D eigenvalue weighted by atomic mass is 10.1. The normalized spacial score (nSPS) is 29.1. The molecular weight excluding hydrogens is 168 g/mol. The van der Waals surface area contributed by atoms with Gasteiger partial charge in [0.1, 0.15) is 6.10 Å². The zero-order valence-electron chi connectivity index (χ0n) is 8.75. The van der Waals surface area contributed by atoms with Crippen molar-refractivity contribution in [2.75, 3.05) is 6.61 Å². The van der Waals surface area contributed by atoms with Gasteiger partial charge in [0.15, 0.2) is 5.79 Å². The van der Waals surface area contributed by atoms with Crippen molar-refractivity contribution in [1.82, 2.24) is 0 Å². The van der Waals surface area contributed by atoms with Crippen molar-refractivity contribution in [3.05, 3.63) is 0 Å². The van der Waals surface area contributed by atoms with Crippen LogP contribution in [0.3, 0.4) is 0 Å². The van der Waals surface area contributed by atoms with Crippen LogP contribution in [-0.4, -0.2) is 29.7 Å². The average Bonchev–Trinajstić information content (AvgIpc) is 2.42.